The number of piperidine rings is 1. The molecule has 1 aliphatic heterocycles. The number of rotatable bonds is 4. The molecule has 0 radical (unpaired) electrons. The van der Waals surface area contributed by atoms with Crippen molar-refractivity contribution in [1.29, 1.82) is 0 Å². The molecule has 30 heavy (non-hydrogen) atoms. The Kier molecular flexibility index (Phi) is 5.62. The summed E-state index contributed by atoms with van der Waals surface area (Å²) in [5, 5.41) is 4.92. The van der Waals surface area contributed by atoms with Crippen LogP contribution in [0, 0.1) is 19.8 Å². The van der Waals surface area contributed by atoms with Gasteiger partial charge in [-0.2, -0.15) is 4.31 Å². The van der Waals surface area contributed by atoms with Gasteiger partial charge < -0.3 is 5.32 Å². The zero-order chi connectivity index (χ0) is 21.3. The summed E-state index contributed by atoms with van der Waals surface area (Å²) in [6.07, 6.45) is 1.03. The molecule has 6 heteroatoms. The van der Waals surface area contributed by atoms with Crippen molar-refractivity contribution in [2.45, 2.75) is 31.6 Å². The van der Waals surface area contributed by atoms with Crippen molar-refractivity contribution in [1.82, 2.24) is 4.31 Å². The minimum atomic E-state index is -3.57. The lowest BCUT2D eigenvalue weighted by atomic mass is 9.97. The highest BCUT2D eigenvalue weighted by Crippen LogP contribution is 2.27. The second-order valence-corrected chi connectivity index (χ2v) is 9.93. The molecule has 0 atom stereocenters. The van der Waals surface area contributed by atoms with E-state index in [2.05, 4.69) is 5.32 Å². The van der Waals surface area contributed by atoms with Crippen molar-refractivity contribution >= 4 is 32.4 Å². The summed E-state index contributed by atoms with van der Waals surface area (Å²) in [6, 6.07) is 18.9. The van der Waals surface area contributed by atoms with Crippen molar-refractivity contribution in [2.75, 3.05) is 18.4 Å². The molecule has 1 saturated heterocycles. The predicted octanol–water partition coefficient (Wildman–Crippen LogP) is 4.50. The molecule has 5 nitrogen and oxygen atoms in total. The highest BCUT2D eigenvalue weighted by atomic mass is 32.2. The van der Waals surface area contributed by atoms with Crippen LogP contribution in [0.25, 0.3) is 10.8 Å². The summed E-state index contributed by atoms with van der Waals surface area (Å²) in [5.41, 5.74) is 2.99. The molecule has 156 valence electrons. The number of nitrogens with one attached hydrogen (secondary N) is 1. The van der Waals surface area contributed by atoms with E-state index in [1.54, 1.807) is 12.1 Å². The molecule has 3 aromatic rings. The van der Waals surface area contributed by atoms with Crippen molar-refractivity contribution in [3.8, 4) is 0 Å². The molecular formula is C24H26N2O3S. The number of benzene rings is 3. The Labute approximate surface area is 177 Å². The first-order valence-corrected chi connectivity index (χ1v) is 11.7. The quantitative estimate of drug-likeness (QED) is 0.673. The molecule has 0 aliphatic carbocycles. The van der Waals surface area contributed by atoms with Crippen LogP contribution in [0.1, 0.15) is 24.0 Å². The third kappa shape index (κ3) is 4.11. The van der Waals surface area contributed by atoms with Gasteiger partial charge in [0.2, 0.25) is 15.9 Å². The molecular weight excluding hydrogens is 396 g/mol. The highest BCUT2D eigenvalue weighted by molar-refractivity contribution is 7.89. The van der Waals surface area contributed by atoms with Gasteiger partial charge in [-0.15, -0.1) is 0 Å². The number of amides is 1. The van der Waals surface area contributed by atoms with Crippen LogP contribution in [-0.2, 0) is 14.8 Å². The Morgan fingerprint density at radius 3 is 2.33 bits per heavy atom. The number of anilines is 1. The lowest BCUT2D eigenvalue weighted by Gasteiger charge is -2.30. The van der Waals surface area contributed by atoms with E-state index in [1.165, 1.54) is 4.31 Å². The van der Waals surface area contributed by atoms with Gasteiger partial charge in [0.1, 0.15) is 0 Å². The number of carbonyl (C=O) groups is 1. The topological polar surface area (TPSA) is 66.5 Å². The van der Waals surface area contributed by atoms with Gasteiger partial charge in [0, 0.05) is 24.7 Å². The smallest absolute Gasteiger partial charge is 0.243 e. The van der Waals surface area contributed by atoms with E-state index in [9.17, 15) is 13.2 Å². The van der Waals surface area contributed by atoms with E-state index >= 15 is 0 Å². The molecule has 4 rings (SSSR count). The Morgan fingerprint density at radius 1 is 0.933 bits per heavy atom. The number of hydrogen-bond acceptors (Lipinski definition) is 3. The summed E-state index contributed by atoms with van der Waals surface area (Å²) >= 11 is 0. The maximum atomic E-state index is 13.1. The number of sulfonamides is 1. The van der Waals surface area contributed by atoms with Gasteiger partial charge in [-0.25, -0.2) is 8.42 Å². The summed E-state index contributed by atoms with van der Waals surface area (Å²) in [7, 11) is -3.57. The SMILES string of the molecule is Cc1ccc(NC(=O)C2CCN(S(=O)(=O)c3ccc4ccccc4c3)CC2)c(C)c1. The van der Waals surface area contributed by atoms with Gasteiger partial charge in [0.05, 0.1) is 4.90 Å². The fraction of sp³-hybridized carbons (Fsp3) is 0.292. The molecule has 0 bridgehead atoms. The molecule has 1 aliphatic rings. The van der Waals surface area contributed by atoms with Crippen LogP contribution in [0.3, 0.4) is 0 Å². The van der Waals surface area contributed by atoms with Gasteiger partial charge in [0.25, 0.3) is 0 Å². The maximum Gasteiger partial charge on any atom is 0.243 e. The molecule has 0 unspecified atom stereocenters. The van der Waals surface area contributed by atoms with Crippen LogP contribution in [-0.4, -0.2) is 31.7 Å². The Balaban J connectivity index is 1.43. The third-order valence-corrected chi connectivity index (χ3v) is 7.72. The number of aryl methyl sites for hydroxylation is 2. The van der Waals surface area contributed by atoms with Crippen molar-refractivity contribution < 1.29 is 13.2 Å². The minimum absolute atomic E-state index is 0.0373. The lowest BCUT2D eigenvalue weighted by molar-refractivity contribution is -0.120. The third-order valence-electron chi connectivity index (χ3n) is 5.82. The summed E-state index contributed by atoms with van der Waals surface area (Å²) in [4.78, 5) is 13.0. The molecule has 3 aromatic carbocycles. The normalized spacial score (nSPS) is 15.9. The molecule has 1 N–H and O–H groups in total. The highest BCUT2D eigenvalue weighted by Gasteiger charge is 2.32. The summed E-state index contributed by atoms with van der Waals surface area (Å²) in [6.45, 7) is 4.69. The monoisotopic (exact) mass is 422 g/mol. The molecule has 0 saturated carbocycles. The Bertz CT molecular complexity index is 1200. The van der Waals surface area contributed by atoms with E-state index in [0.717, 1.165) is 27.6 Å². The maximum absolute atomic E-state index is 13.1. The van der Waals surface area contributed by atoms with Gasteiger partial charge in [-0.05, 0) is 61.2 Å². The first-order chi connectivity index (χ1) is 14.3. The van der Waals surface area contributed by atoms with Crippen LogP contribution in [0.15, 0.2) is 65.6 Å². The van der Waals surface area contributed by atoms with Crippen LogP contribution in [0.4, 0.5) is 5.69 Å². The average Bonchev–Trinajstić information content (AvgIpc) is 2.75. The van der Waals surface area contributed by atoms with Gasteiger partial charge in [0.15, 0.2) is 0 Å². The number of hydrogen-bond donors (Lipinski definition) is 1. The standard InChI is InChI=1S/C24H26N2O3S/c1-17-7-10-23(18(2)15-17)25-24(27)20-11-13-26(14-12-20)30(28,29)22-9-8-19-5-3-4-6-21(19)16-22/h3-10,15-16,20H,11-14H2,1-2H3,(H,25,27). The Hall–Kier alpha value is -2.70. The molecule has 0 aromatic heterocycles. The number of carbonyl (C=O) groups excluding carboxylic acids is 1. The molecule has 1 amide bonds. The van der Waals surface area contributed by atoms with Crippen molar-refractivity contribution in [3.63, 3.8) is 0 Å². The number of fused-ring (bicyclic) bond motifs is 1. The van der Waals surface area contributed by atoms with E-state index in [1.807, 2.05) is 62.4 Å². The lowest BCUT2D eigenvalue weighted by Crippen LogP contribution is -2.41. The predicted molar refractivity (Wildman–Crippen MR) is 120 cm³/mol. The average molecular weight is 423 g/mol. The summed E-state index contributed by atoms with van der Waals surface area (Å²) in [5.74, 6) is -0.224. The second kappa shape index (κ2) is 8.20. The Morgan fingerprint density at radius 2 is 1.63 bits per heavy atom. The van der Waals surface area contributed by atoms with Gasteiger partial charge in [-0.3, -0.25) is 4.79 Å². The molecule has 0 spiro atoms. The zero-order valence-electron chi connectivity index (χ0n) is 17.3. The molecule has 1 heterocycles. The van der Waals surface area contributed by atoms with Crippen LogP contribution < -0.4 is 5.32 Å². The van der Waals surface area contributed by atoms with Crippen molar-refractivity contribution in [2.24, 2.45) is 5.92 Å². The van der Waals surface area contributed by atoms with Gasteiger partial charge in [-0.1, -0.05) is 48.0 Å². The van der Waals surface area contributed by atoms with Crippen LogP contribution in [0.2, 0.25) is 0 Å². The van der Waals surface area contributed by atoms with Crippen LogP contribution in [0.5, 0.6) is 0 Å². The molecule has 1 fully saturated rings. The van der Waals surface area contributed by atoms with E-state index < -0.39 is 10.0 Å². The van der Waals surface area contributed by atoms with Crippen molar-refractivity contribution in [3.05, 3.63) is 71.8 Å². The van der Waals surface area contributed by atoms with E-state index in [0.29, 0.717) is 30.8 Å². The second-order valence-electron chi connectivity index (χ2n) is 7.99. The minimum Gasteiger partial charge on any atom is -0.326 e. The summed E-state index contributed by atoms with van der Waals surface area (Å²) < 4.78 is 27.7. The zero-order valence-corrected chi connectivity index (χ0v) is 18.1. The van der Waals surface area contributed by atoms with Crippen LogP contribution >= 0.6 is 0 Å². The first-order valence-electron chi connectivity index (χ1n) is 10.2. The van der Waals surface area contributed by atoms with Gasteiger partial charge >= 0.3 is 0 Å². The fourth-order valence-corrected chi connectivity index (χ4v) is 5.53. The number of nitrogens with zero attached hydrogens (tertiary/aromatic N) is 1. The first kappa shape index (κ1) is 20.6. The van der Waals surface area contributed by atoms with E-state index in [-0.39, 0.29) is 11.8 Å². The largest absolute Gasteiger partial charge is 0.326 e. The van der Waals surface area contributed by atoms with E-state index in [4.69, 9.17) is 0 Å². The fourth-order valence-electron chi connectivity index (χ4n) is 4.02.